The number of ether oxygens (including phenoxy) is 1. The summed E-state index contributed by atoms with van der Waals surface area (Å²) in [7, 11) is 1.68. The zero-order chi connectivity index (χ0) is 23.1. The zero-order valence-corrected chi connectivity index (χ0v) is 19.1. The summed E-state index contributed by atoms with van der Waals surface area (Å²) in [6.45, 7) is 6.37. The maximum atomic E-state index is 13.6. The highest BCUT2D eigenvalue weighted by molar-refractivity contribution is 5.77. The van der Waals surface area contributed by atoms with Gasteiger partial charge >= 0.3 is 5.69 Å². The SMILES string of the molecule is CCOc1ccc(N2CC(C)Cn3c2nc2c3c(=O)n(Cc3ccccc3)c(=O)n2C)cc1. The summed E-state index contributed by atoms with van der Waals surface area (Å²) in [6.07, 6.45) is 0. The molecule has 0 N–H and O–H groups in total. The monoisotopic (exact) mass is 445 g/mol. The van der Waals surface area contributed by atoms with Gasteiger partial charge in [0.1, 0.15) is 5.75 Å². The van der Waals surface area contributed by atoms with E-state index in [2.05, 4.69) is 11.8 Å². The molecule has 0 bridgehead atoms. The van der Waals surface area contributed by atoms with Gasteiger partial charge in [-0.3, -0.25) is 13.9 Å². The van der Waals surface area contributed by atoms with E-state index < -0.39 is 0 Å². The van der Waals surface area contributed by atoms with Gasteiger partial charge in [-0.25, -0.2) is 4.79 Å². The predicted molar refractivity (Wildman–Crippen MR) is 129 cm³/mol. The smallest absolute Gasteiger partial charge is 0.332 e. The van der Waals surface area contributed by atoms with Crippen LogP contribution in [0.3, 0.4) is 0 Å². The van der Waals surface area contributed by atoms with Crippen molar-refractivity contribution in [2.24, 2.45) is 13.0 Å². The van der Waals surface area contributed by atoms with E-state index >= 15 is 0 Å². The number of hydrogen-bond donors (Lipinski definition) is 0. The number of fused-ring (bicyclic) bond motifs is 3. The van der Waals surface area contributed by atoms with Gasteiger partial charge in [-0.05, 0) is 42.7 Å². The minimum Gasteiger partial charge on any atom is -0.494 e. The number of rotatable bonds is 5. The van der Waals surface area contributed by atoms with E-state index in [1.165, 1.54) is 9.13 Å². The third kappa shape index (κ3) is 3.61. The van der Waals surface area contributed by atoms with Crippen molar-refractivity contribution in [3.8, 4) is 5.75 Å². The molecule has 3 heterocycles. The summed E-state index contributed by atoms with van der Waals surface area (Å²) in [5.74, 6) is 1.78. The lowest BCUT2D eigenvalue weighted by atomic mass is 10.1. The minimum absolute atomic E-state index is 0.223. The number of aryl methyl sites for hydroxylation is 1. The largest absolute Gasteiger partial charge is 0.494 e. The molecule has 1 aliphatic heterocycles. The van der Waals surface area contributed by atoms with Gasteiger partial charge in [0.25, 0.3) is 5.56 Å². The minimum atomic E-state index is -0.368. The maximum absolute atomic E-state index is 13.6. The lowest BCUT2D eigenvalue weighted by Gasteiger charge is -2.33. The number of hydrogen-bond acceptors (Lipinski definition) is 5. The fourth-order valence-electron chi connectivity index (χ4n) is 4.52. The van der Waals surface area contributed by atoms with E-state index in [4.69, 9.17) is 9.72 Å². The summed E-state index contributed by atoms with van der Waals surface area (Å²) in [4.78, 5) is 33.5. The molecule has 170 valence electrons. The van der Waals surface area contributed by atoms with Crippen molar-refractivity contribution in [2.45, 2.75) is 26.9 Å². The average molecular weight is 446 g/mol. The van der Waals surface area contributed by atoms with Crippen LogP contribution < -0.4 is 20.9 Å². The molecule has 0 radical (unpaired) electrons. The standard InChI is InChI=1S/C25H27N5O3/c1-4-33-20-12-10-19(11-13-20)28-14-17(2)15-29-21-22(26-24(28)29)27(3)25(32)30(23(21)31)16-18-8-6-5-7-9-18/h5-13,17H,4,14-16H2,1-3H3. The first-order valence-corrected chi connectivity index (χ1v) is 11.2. The Morgan fingerprint density at radius 2 is 1.76 bits per heavy atom. The van der Waals surface area contributed by atoms with Crippen LogP contribution in [0, 0.1) is 5.92 Å². The molecule has 8 heteroatoms. The third-order valence-corrected chi connectivity index (χ3v) is 6.09. The Kier molecular flexibility index (Phi) is 5.28. The Hall–Kier alpha value is -3.81. The molecule has 1 aliphatic rings. The molecule has 0 aliphatic carbocycles. The van der Waals surface area contributed by atoms with Gasteiger partial charge in [-0.15, -0.1) is 0 Å². The molecule has 0 fully saturated rings. The van der Waals surface area contributed by atoms with Crippen LogP contribution in [0.4, 0.5) is 11.6 Å². The summed E-state index contributed by atoms with van der Waals surface area (Å²) in [6, 6.07) is 17.4. The molecule has 2 aromatic heterocycles. The second-order valence-corrected chi connectivity index (χ2v) is 8.56. The highest BCUT2D eigenvalue weighted by Crippen LogP contribution is 2.33. The van der Waals surface area contributed by atoms with Gasteiger partial charge in [0, 0.05) is 25.8 Å². The molecule has 0 saturated heterocycles. The Morgan fingerprint density at radius 3 is 2.45 bits per heavy atom. The van der Waals surface area contributed by atoms with Crippen LogP contribution in [-0.2, 0) is 20.1 Å². The Bertz CT molecular complexity index is 1420. The van der Waals surface area contributed by atoms with Gasteiger partial charge in [-0.1, -0.05) is 37.3 Å². The predicted octanol–water partition coefficient (Wildman–Crippen LogP) is 3.13. The molecule has 33 heavy (non-hydrogen) atoms. The molecule has 2 aromatic carbocycles. The van der Waals surface area contributed by atoms with Crippen molar-refractivity contribution in [3.05, 3.63) is 81.0 Å². The van der Waals surface area contributed by atoms with Gasteiger partial charge < -0.3 is 14.2 Å². The van der Waals surface area contributed by atoms with Gasteiger partial charge in [0.2, 0.25) is 5.95 Å². The maximum Gasteiger partial charge on any atom is 0.332 e. The highest BCUT2D eigenvalue weighted by Gasteiger charge is 2.29. The van der Waals surface area contributed by atoms with E-state index in [0.29, 0.717) is 36.2 Å². The van der Waals surface area contributed by atoms with E-state index in [0.717, 1.165) is 23.5 Å². The molecule has 0 spiro atoms. The summed E-state index contributed by atoms with van der Waals surface area (Å²) < 4.78 is 10.3. The molecule has 0 amide bonds. The molecule has 8 nitrogen and oxygen atoms in total. The van der Waals surface area contributed by atoms with Crippen LogP contribution in [0.15, 0.2) is 64.2 Å². The number of nitrogens with zero attached hydrogens (tertiary/aromatic N) is 5. The number of benzene rings is 2. The molecule has 5 rings (SSSR count). The molecular weight excluding hydrogens is 418 g/mol. The van der Waals surface area contributed by atoms with Crippen molar-refractivity contribution in [1.29, 1.82) is 0 Å². The fourth-order valence-corrected chi connectivity index (χ4v) is 4.52. The number of imidazole rings is 1. The normalized spacial score (nSPS) is 15.6. The van der Waals surface area contributed by atoms with Crippen molar-refractivity contribution in [2.75, 3.05) is 18.1 Å². The quantitative estimate of drug-likeness (QED) is 0.472. The second kappa shape index (κ2) is 8.27. The van der Waals surface area contributed by atoms with E-state index in [9.17, 15) is 9.59 Å². The van der Waals surface area contributed by atoms with Crippen LogP contribution in [0.25, 0.3) is 11.2 Å². The summed E-state index contributed by atoms with van der Waals surface area (Å²) in [5, 5.41) is 0. The molecule has 0 saturated carbocycles. The van der Waals surface area contributed by atoms with E-state index in [1.54, 1.807) is 7.05 Å². The summed E-state index contributed by atoms with van der Waals surface area (Å²) in [5.41, 5.74) is 2.07. The second-order valence-electron chi connectivity index (χ2n) is 8.56. The molecular formula is C25H27N5O3. The van der Waals surface area contributed by atoms with Crippen LogP contribution in [0.5, 0.6) is 5.75 Å². The summed E-state index contributed by atoms with van der Waals surface area (Å²) >= 11 is 0. The first-order chi connectivity index (χ1) is 16.0. The van der Waals surface area contributed by atoms with E-state index in [-0.39, 0.29) is 17.8 Å². The van der Waals surface area contributed by atoms with Crippen LogP contribution >= 0.6 is 0 Å². The van der Waals surface area contributed by atoms with Crippen LogP contribution in [0.1, 0.15) is 19.4 Å². The Balaban J connectivity index is 1.66. The Morgan fingerprint density at radius 1 is 1.03 bits per heavy atom. The van der Waals surface area contributed by atoms with Gasteiger partial charge in [-0.2, -0.15) is 4.98 Å². The molecule has 4 aromatic rings. The van der Waals surface area contributed by atoms with Crippen molar-refractivity contribution in [3.63, 3.8) is 0 Å². The lowest BCUT2D eigenvalue weighted by molar-refractivity contribution is 0.340. The molecule has 1 atom stereocenters. The van der Waals surface area contributed by atoms with Crippen LogP contribution in [-0.4, -0.2) is 31.8 Å². The number of aromatic nitrogens is 4. The van der Waals surface area contributed by atoms with Crippen molar-refractivity contribution < 1.29 is 4.74 Å². The molecule has 1 unspecified atom stereocenters. The third-order valence-electron chi connectivity index (χ3n) is 6.09. The highest BCUT2D eigenvalue weighted by atomic mass is 16.5. The van der Waals surface area contributed by atoms with Gasteiger partial charge in [0.15, 0.2) is 11.2 Å². The van der Waals surface area contributed by atoms with Crippen molar-refractivity contribution in [1.82, 2.24) is 18.7 Å². The van der Waals surface area contributed by atoms with Crippen LogP contribution in [0.2, 0.25) is 0 Å². The zero-order valence-electron chi connectivity index (χ0n) is 19.1. The first kappa shape index (κ1) is 21.1. The van der Waals surface area contributed by atoms with E-state index in [1.807, 2.05) is 66.1 Å². The Labute approximate surface area is 191 Å². The average Bonchev–Trinajstić information content (AvgIpc) is 3.21. The van der Waals surface area contributed by atoms with Crippen molar-refractivity contribution >= 4 is 22.8 Å². The lowest BCUT2D eigenvalue weighted by Crippen LogP contribution is -2.40. The first-order valence-electron chi connectivity index (χ1n) is 11.2. The number of anilines is 2. The topological polar surface area (TPSA) is 74.3 Å². The fraction of sp³-hybridized carbons (Fsp3) is 0.320. The van der Waals surface area contributed by atoms with Gasteiger partial charge in [0.05, 0.1) is 13.2 Å².